The largest absolute Gasteiger partial charge is 0.341 e. The summed E-state index contributed by atoms with van der Waals surface area (Å²) in [6.45, 7) is 1.37. The molecule has 0 bridgehead atoms. The summed E-state index contributed by atoms with van der Waals surface area (Å²) in [5.41, 5.74) is 4.13. The highest BCUT2D eigenvalue weighted by molar-refractivity contribution is 5.75. The third-order valence-corrected chi connectivity index (χ3v) is 3.46. The molecule has 0 saturated heterocycles. The summed E-state index contributed by atoms with van der Waals surface area (Å²) in [5, 5.41) is 3.35. The minimum absolute atomic E-state index is 0.686. The van der Waals surface area contributed by atoms with Crippen molar-refractivity contribution in [1.29, 1.82) is 0 Å². The molecule has 0 aliphatic carbocycles. The Bertz CT molecular complexity index is 750. The zero-order valence-electron chi connectivity index (χ0n) is 11.4. The van der Waals surface area contributed by atoms with Crippen LogP contribution in [-0.4, -0.2) is 19.9 Å². The molecule has 104 valence electrons. The maximum absolute atomic E-state index is 4.54. The number of hydrogen-bond acceptors (Lipinski definition) is 3. The van der Waals surface area contributed by atoms with Crippen molar-refractivity contribution in [2.24, 2.45) is 0 Å². The number of hydrogen-bond donors (Lipinski definition) is 3. The molecule has 0 unspecified atom stereocenters. The van der Waals surface area contributed by atoms with Crippen LogP contribution in [0.3, 0.4) is 0 Å². The van der Waals surface area contributed by atoms with Gasteiger partial charge in [0.25, 0.3) is 0 Å². The van der Waals surface area contributed by atoms with E-state index < -0.39 is 0 Å². The first-order valence-electron chi connectivity index (χ1n) is 6.96. The SMILES string of the molecule is c1ccc2[nH]c(CNCc3nc4ccccc4[nH]3)nc2c1. The molecule has 0 aliphatic heterocycles. The first kappa shape index (κ1) is 12.1. The first-order chi connectivity index (χ1) is 10.4. The molecule has 5 nitrogen and oxygen atoms in total. The Hall–Kier alpha value is -2.66. The van der Waals surface area contributed by atoms with E-state index in [-0.39, 0.29) is 0 Å². The second kappa shape index (κ2) is 5.03. The summed E-state index contributed by atoms with van der Waals surface area (Å²) >= 11 is 0. The van der Waals surface area contributed by atoms with Gasteiger partial charge in [-0.2, -0.15) is 0 Å². The van der Waals surface area contributed by atoms with Gasteiger partial charge in [0.1, 0.15) is 11.6 Å². The molecule has 21 heavy (non-hydrogen) atoms. The number of benzene rings is 2. The second-order valence-corrected chi connectivity index (χ2v) is 5.00. The van der Waals surface area contributed by atoms with Crippen molar-refractivity contribution in [2.45, 2.75) is 13.1 Å². The van der Waals surface area contributed by atoms with Gasteiger partial charge in [0, 0.05) is 0 Å². The summed E-state index contributed by atoms with van der Waals surface area (Å²) in [7, 11) is 0. The molecule has 2 aromatic heterocycles. The monoisotopic (exact) mass is 277 g/mol. The Balaban J connectivity index is 1.44. The molecule has 0 spiro atoms. The highest BCUT2D eigenvalue weighted by Gasteiger charge is 2.04. The van der Waals surface area contributed by atoms with Crippen LogP contribution in [0, 0.1) is 0 Å². The predicted octanol–water partition coefficient (Wildman–Crippen LogP) is 2.73. The molecule has 5 heteroatoms. The Labute approximate surface area is 121 Å². The van der Waals surface area contributed by atoms with E-state index in [1.165, 1.54) is 0 Å². The molecule has 4 rings (SSSR count). The minimum atomic E-state index is 0.686. The van der Waals surface area contributed by atoms with Gasteiger partial charge in [-0.05, 0) is 24.3 Å². The van der Waals surface area contributed by atoms with Gasteiger partial charge in [0.2, 0.25) is 0 Å². The van der Waals surface area contributed by atoms with E-state index in [2.05, 4.69) is 25.3 Å². The zero-order chi connectivity index (χ0) is 14.1. The topological polar surface area (TPSA) is 69.4 Å². The lowest BCUT2D eigenvalue weighted by Crippen LogP contribution is -2.14. The predicted molar refractivity (Wildman–Crippen MR) is 82.7 cm³/mol. The number of aromatic amines is 2. The number of H-pyrrole nitrogens is 2. The van der Waals surface area contributed by atoms with Crippen molar-refractivity contribution in [3.05, 3.63) is 60.2 Å². The second-order valence-electron chi connectivity index (χ2n) is 5.00. The lowest BCUT2D eigenvalue weighted by Gasteiger charge is -1.99. The average molecular weight is 277 g/mol. The summed E-state index contributed by atoms with van der Waals surface area (Å²) in [6, 6.07) is 16.1. The van der Waals surface area contributed by atoms with Crippen LogP contribution >= 0.6 is 0 Å². The molecule has 3 N–H and O–H groups in total. The summed E-state index contributed by atoms with van der Waals surface area (Å²) in [6.07, 6.45) is 0. The van der Waals surface area contributed by atoms with Crippen LogP contribution in [0.15, 0.2) is 48.5 Å². The lowest BCUT2D eigenvalue weighted by atomic mass is 10.3. The molecule has 0 atom stereocenters. The van der Waals surface area contributed by atoms with E-state index in [0.717, 1.165) is 33.7 Å². The molecule has 2 aromatic carbocycles. The van der Waals surface area contributed by atoms with Crippen molar-refractivity contribution >= 4 is 22.1 Å². The average Bonchev–Trinajstić information content (AvgIpc) is 3.09. The van der Waals surface area contributed by atoms with Crippen LogP contribution in [0.5, 0.6) is 0 Å². The molecule has 0 radical (unpaired) electrons. The molecule has 0 fully saturated rings. The molecule has 0 amide bonds. The number of imidazole rings is 2. The smallest absolute Gasteiger partial charge is 0.121 e. The standard InChI is InChI=1S/C16H15N5/c1-2-6-12-11(5-1)18-15(19-12)9-17-10-16-20-13-7-3-4-8-14(13)21-16/h1-8,17H,9-10H2,(H,18,19)(H,20,21). The normalized spacial score (nSPS) is 11.4. The third kappa shape index (κ3) is 2.39. The number of nitrogens with one attached hydrogen (secondary N) is 3. The number of para-hydroxylation sites is 4. The van der Waals surface area contributed by atoms with E-state index in [4.69, 9.17) is 0 Å². The van der Waals surface area contributed by atoms with E-state index in [0.29, 0.717) is 13.1 Å². The summed E-state index contributed by atoms with van der Waals surface area (Å²) in [4.78, 5) is 15.7. The molecule has 0 saturated carbocycles. The van der Waals surface area contributed by atoms with Crippen molar-refractivity contribution < 1.29 is 0 Å². The first-order valence-corrected chi connectivity index (χ1v) is 6.96. The molecule has 4 aromatic rings. The highest BCUT2D eigenvalue weighted by Crippen LogP contribution is 2.11. The minimum Gasteiger partial charge on any atom is -0.341 e. The summed E-state index contributed by atoms with van der Waals surface area (Å²) < 4.78 is 0. The quantitative estimate of drug-likeness (QED) is 0.537. The van der Waals surface area contributed by atoms with Crippen LogP contribution in [0.25, 0.3) is 22.1 Å². The van der Waals surface area contributed by atoms with Gasteiger partial charge >= 0.3 is 0 Å². The van der Waals surface area contributed by atoms with Gasteiger partial charge < -0.3 is 15.3 Å². The van der Waals surface area contributed by atoms with Crippen molar-refractivity contribution in [3.8, 4) is 0 Å². The van der Waals surface area contributed by atoms with Crippen molar-refractivity contribution in [1.82, 2.24) is 25.3 Å². The third-order valence-electron chi connectivity index (χ3n) is 3.46. The van der Waals surface area contributed by atoms with Gasteiger partial charge in [0.05, 0.1) is 35.2 Å². The fourth-order valence-electron chi connectivity index (χ4n) is 2.48. The highest BCUT2D eigenvalue weighted by atomic mass is 15.0. The van der Waals surface area contributed by atoms with E-state index >= 15 is 0 Å². The van der Waals surface area contributed by atoms with Gasteiger partial charge in [-0.1, -0.05) is 24.3 Å². The van der Waals surface area contributed by atoms with E-state index in [9.17, 15) is 0 Å². The van der Waals surface area contributed by atoms with Crippen molar-refractivity contribution in [3.63, 3.8) is 0 Å². The van der Waals surface area contributed by atoms with Crippen LogP contribution in [-0.2, 0) is 13.1 Å². The van der Waals surface area contributed by atoms with Crippen LogP contribution in [0.1, 0.15) is 11.6 Å². The van der Waals surface area contributed by atoms with E-state index in [1.54, 1.807) is 0 Å². The van der Waals surface area contributed by atoms with Crippen molar-refractivity contribution in [2.75, 3.05) is 0 Å². The number of rotatable bonds is 4. The van der Waals surface area contributed by atoms with E-state index in [1.807, 2.05) is 48.5 Å². The fraction of sp³-hybridized carbons (Fsp3) is 0.125. The van der Waals surface area contributed by atoms with Gasteiger partial charge in [-0.15, -0.1) is 0 Å². The fourth-order valence-corrected chi connectivity index (χ4v) is 2.48. The molecular formula is C16H15N5. The molecule has 2 heterocycles. The molecular weight excluding hydrogens is 262 g/mol. The number of fused-ring (bicyclic) bond motifs is 2. The maximum Gasteiger partial charge on any atom is 0.121 e. The Morgan fingerprint density at radius 3 is 1.67 bits per heavy atom. The summed E-state index contributed by atoms with van der Waals surface area (Å²) in [5.74, 6) is 1.87. The lowest BCUT2D eigenvalue weighted by molar-refractivity contribution is 0.651. The van der Waals surface area contributed by atoms with Crippen LogP contribution < -0.4 is 5.32 Å². The Morgan fingerprint density at radius 2 is 1.19 bits per heavy atom. The maximum atomic E-state index is 4.54. The van der Waals surface area contributed by atoms with Gasteiger partial charge in [-0.3, -0.25) is 0 Å². The Morgan fingerprint density at radius 1 is 0.714 bits per heavy atom. The van der Waals surface area contributed by atoms with Crippen LogP contribution in [0.4, 0.5) is 0 Å². The van der Waals surface area contributed by atoms with Gasteiger partial charge in [-0.25, -0.2) is 9.97 Å². The molecule has 0 aliphatic rings. The van der Waals surface area contributed by atoms with Crippen LogP contribution in [0.2, 0.25) is 0 Å². The zero-order valence-corrected chi connectivity index (χ0v) is 11.4. The van der Waals surface area contributed by atoms with Gasteiger partial charge in [0.15, 0.2) is 0 Å². The number of aromatic nitrogens is 4. The Kier molecular flexibility index (Phi) is 2.90. The number of nitrogens with zero attached hydrogens (tertiary/aromatic N) is 2.